The largest absolute Gasteiger partial charge is 0.460 e. The summed E-state index contributed by atoms with van der Waals surface area (Å²) < 4.78 is 4.35. The van der Waals surface area contributed by atoms with Crippen LogP contribution in [0.15, 0.2) is 24.3 Å². The number of esters is 1. The summed E-state index contributed by atoms with van der Waals surface area (Å²) in [5.41, 5.74) is 0. The van der Waals surface area contributed by atoms with Gasteiger partial charge in [-0.05, 0) is 26.8 Å². The van der Waals surface area contributed by atoms with Crippen LogP contribution in [0.5, 0.6) is 0 Å². The van der Waals surface area contributed by atoms with Crippen molar-refractivity contribution in [1.82, 2.24) is 0 Å². The second-order valence-corrected chi connectivity index (χ2v) is 5.01. The Labute approximate surface area is 87.8 Å². The molecule has 0 atom stereocenters. The molecule has 0 saturated heterocycles. The minimum absolute atomic E-state index is 0.252. The number of carbonyl (C=O) groups is 1. The van der Waals surface area contributed by atoms with E-state index in [1.807, 2.05) is 25.2 Å². The van der Waals surface area contributed by atoms with Gasteiger partial charge in [0.25, 0.3) is 0 Å². The average Bonchev–Trinajstić information content (AvgIpc) is 2.02. The summed E-state index contributed by atoms with van der Waals surface area (Å²) in [7, 11) is 0. The molecule has 0 aliphatic rings. The predicted molar refractivity (Wildman–Crippen MR) is 57.9 cm³/mol. The highest BCUT2D eigenvalue weighted by atomic mass is 79.9. The summed E-state index contributed by atoms with van der Waals surface area (Å²) in [4.78, 5) is 11.2. The van der Waals surface area contributed by atoms with E-state index in [1.54, 1.807) is 19.9 Å². The molecule has 0 fully saturated rings. The number of allylic oxidation sites excluding steroid dienone is 3. The lowest BCUT2D eigenvalue weighted by Crippen LogP contribution is -2.26. The summed E-state index contributed by atoms with van der Waals surface area (Å²) in [5.74, 6) is -0.252. The van der Waals surface area contributed by atoms with Crippen LogP contribution in [0.3, 0.4) is 0 Å². The lowest BCUT2D eigenvalue weighted by Gasteiger charge is -2.13. The van der Waals surface area contributed by atoms with Crippen molar-refractivity contribution in [2.75, 3.05) is 6.61 Å². The van der Waals surface area contributed by atoms with Gasteiger partial charge in [0.15, 0.2) is 0 Å². The first-order valence-electron chi connectivity index (χ1n) is 4.12. The van der Waals surface area contributed by atoms with Crippen molar-refractivity contribution in [3.63, 3.8) is 0 Å². The lowest BCUT2D eigenvalue weighted by atomic mass is 10.2. The molecule has 74 valence electrons. The highest BCUT2D eigenvalue weighted by Gasteiger charge is 2.24. The van der Waals surface area contributed by atoms with E-state index < -0.39 is 4.32 Å². The third kappa shape index (κ3) is 6.58. The van der Waals surface area contributed by atoms with Crippen LogP contribution in [0.25, 0.3) is 0 Å². The number of rotatable bonds is 4. The van der Waals surface area contributed by atoms with Gasteiger partial charge >= 0.3 is 5.97 Å². The number of hydrogen-bond donors (Lipinski definition) is 0. The van der Waals surface area contributed by atoms with Gasteiger partial charge in [0.1, 0.15) is 10.9 Å². The zero-order valence-electron chi connectivity index (χ0n) is 8.21. The van der Waals surface area contributed by atoms with E-state index in [9.17, 15) is 4.79 Å². The normalized spacial score (nSPS) is 12.6. The van der Waals surface area contributed by atoms with Gasteiger partial charge in [0.05, 0.1) is 0 Å². The van der Waals surface area contributed by atoms with Crippen molar-refractivity contribution in [2.45, 2.75) is 25.1 Å². The predicted octanol–water partition coefficient (Wildman–Crippen LogP) is 2.84. The Hall–Kier alpha value is -0.570. The molecule has 0 N–H and O–H groups in total. The summed E-state index contributed by atoms with van der Waals surface area (Å²) in [6.45, 7) is 5.76. The maximum Gasteiger partial charge on any atom is 0.322 e. The Bertz CT molecular complexity index is 211. The van der Waals surface area contributed by atoms with E-state index in [0.717, 1.165) is 0 Å². The van der Waals surface area contributed by atoms with Crippen LogP contribution >= 0.6 is 15.9 Å². The molecule has 0 radical (unpaired) electrons. The first-order valence-corrected chi connectivity index (χ1v) is 4.91. The van der Waals surface area contributed by atoms with Crippen LogP contribution < -0.4 is 0 Å². The molecule has 3 heteroatoms. The maximum absolute atomic E-state index is 11.2. The summed E-state index contributed by atoms with van der Waals surface area (Å²) in [6.07, 6.45) is 7.42. The Balaban J connectivity index is 3.72. The lowest BCUT2D eigenvalue weighted by molar-refractivity contribution is -0.144. The molecule has 0 amide bonds. The zero-order chi connectivity index (χ0) is 10.3. The SMILES string of the molecule is C/C=C/C=C/COC(=O)C(C)(C)Br. The third-order valence-corrected chi connectivity index (χ3v) is 1.56. The van der Waals surface area contributed by atoms with E-state index in [4.69, 9.17) is 4.74 Å². The van der Waals surface area contributed by atoms with Gasteiger partial charge in [0, 0.05) is 0 Å². The van der Waals surface area contributed by atoms with Gasteiger partial charge in [-0.25, -0.2) is 0 Å². The van der Waals surface area contributed by atoms with Crippen molar-refractivity contribution >= 4 is 21.9 Å². The molecule has 0 aliphatic carbocycles. The molecule has 0 spiro atoms. The molecule has 13 heavy (non-hydrogen) atoms. The van der Waals surface area contributed by atoms with Crippen molar-refractivity contribution in [3.05, 3.63) is 24.3 Å². The zero-order valence-corrected chi connectivity index (χ0v) is 9.80. The van der Waals surface area contributed by atoms with Crippen LogP contribution in [0, 0.1) is 0 Å². The van der Waals surface area contributed by atoms with Crippen molar-refractivity contribution in [2.24, 2.45) is 0 Å². The number of halogens is 1. The Kier molecular flexibility index (Phi) is 5.71. The van der Waals surface area contributed by atoms with E-state index in [1.165, 1.54) is 0 Å². The standard InChI is InChI=1S/C10H15BrO2/c1-4-5-6-7-8-13-9(12)10(2,3)11/h4-7H,8H2,1-3H3/b5-4+,7-6+. The van der Waals surface area contributed by atoms with E-state index in [2.05, 4.69) is 15.9 Å². The second-order valence-electron chi connectivity index (χ2n) is 3.02. The molecule has 0 bridgehead atoms. The fraction of sp³-hybridized carbons (Fsp3) is 0.500. The van der Waals surface area contributed by atoms with Crippen LogP contribution in [0.2, 0.25) is 0 Å². The van der Waals surface area contributed by atoms with Crippen LogP contribution in [0.1, 0.15) is 20.8 Å². The smallest absolute Gasteiger partial charge is 0.322 e. The fourth-order valence-electron chi connectivity index (χ4n) is 0.541. The van der Waals surface area contributed by atoms with Gasteiger partial charge in [-0.2, -0.15) is 0 Å². The Morgan fingerprint density at radius 3 is 2.54 bits per heavy atom. The third-order valence-electron chi connectivity index (χ3n) is 1.24. The van der Waals surface area contributed by atoms with Crippen molar-refractivity contribution in [1.29, 1.82) is 0 Å². The number of hydrogen-bond acceptors (Lipinski definition) is 2. The molecular weight excluding hydrogens is 232 g/mol. The molecule has 0 aromatic heterocycles. The minimum Gasteiger partial charge on any atom is -0.460 e. The maximum atomic E-state index is 11.2. The van der Waals surface area contributed by atoms with Crippen molar-refractivity contribution in [3.8, 4) is 0 Å². The first kappa shape index (κ1) is 12.4. The molecule has 0 aliphatic heterocycles. The molecule has 0 rings (SSSR count). The molecule has 0 heterocycles. The van der Waals surface area contributed by atoms with Crippen LogP contribution in [0.4, 0.5) is 0 Å². The average molecular weight is 247 g/mol. The van der Waals surface area contributed by atoms with Crippen molar-refractivity contribution < 1.29 is 9.53 Å². The molecule has 0 unspecified atom stereocenters. The highest BCUT2D eigenvalue weighted by molar-refractivity contribution is 9.10. The van der Waals surface area contributed by atoms with Gasteiger partial charge in [-0.3, -0.25) is 4.79 Å². The summed E-state index contributed by atoms with van der Waals surface area (Å²) >= 11 is 3.21. The van der Waals surface area contributed by atoms with Crippen LogP contribution in [-0.2, 0) is 9.53 Å². The summed E-state index contributed by atoms with van der Waals surface area (Å²) in [5, 5.41) is 0. The second kappa shape index (κ2) is 5.97. The fourth-order valence-corrected chi connectivity index (χ4v) is 0.655. The monoisotopic (exact) mass is 246 g/mol. The van der Waals surface area contributed by atoms with Gasteiger partial charge < -0.3 is 4.74 Å². The molecular formula is C10H15BrO2. The Morgan fingerprint density at radius 2 is 2.08 bits per heavy atom. The topological polar surface area (TPSA) is 26.3 Å². The summed E-state index contributed by atoms with van der Waals surface area (Å²) in [6, 6.07) is 0. The molecule has 0 aromatic rings. The molecule has 2 nitrogen and oxygen atoms in total. The minimum atomic E-state index is -0.596. The van der Waals surface area contributed by atoms with E-state index in [0.29, 0.717) is 6.61 Å². The highest BCUT2D eigenvalue weighted by Crippen LogP contribution is 2.17. The molecule has 0 aromatic carbocycles. The molecule has 0 saturated carbocycles. The number of alkyl halides is 1. The Morgan fingerprint density at radius 1 is 1.46 bits per heavy atom. The quantitative estimate of drug-likeness (QED) is 0.433. The first-order chi connectivity index (χ1) is 5.98. The van der Waals surface area contributed by atoms with E-state index in [-0.39, 0.29) is 5.97 Å². The van der Waals surface area contributed by atoms with Crippen LogP contribution in [-0.4, -0.2) is 16.9 Å². The van der Waals surface area contributed by atoms with Gasteiger partial charge in [-0.15, -0.1) is 0 Å². The van der Waals surface area contributed by atoms with Gasteiger partial charge in [-0.1, -0.05) is 34.2 Å². The van der Waals surface area contributed by atoms with E-state index >= 15 is 0 Å². The van der Waals surface area contributed by atoms with Gasteiger partial charge in [0.2, 0.25) is 0 Å². The number of carbonyl (C=O) groups excluding carboxylic acids is 1. The number of ether oxygens (including phenoxy) is 1.